The first kappa shape index (κ1) is 16.9. The maximum Gasteiger partial charge on any atom is 0.0638 e. The Kier molecular flexibility index (Phi) is 7.33. The summed E-state index contributed by atoms with van der Waals surface area (Å²) in [4.78, 5) is 2.32. The van der Waals surface area contributed by atoms with Gasteiger partial charge in [0.25, 0.3) is 0 Å². The van der Waals surface area contributed by atoms with Crippen molar-refractivity contribution < 1.29 is 5.11 Å². The Balaban J connectivity index is 2.57. The van der Waals surface area contributed by atoms with Crippen LogP contribution in [0.3, 0.4) is 0 Å². The Labute approximate surface area is 119 Å². The van der Waals surface area contributed by atoms with Gasteiger partial charge in [-0.3, -0.25) is 0 Å². The van der Waals surface area contributed by atoms with Crippen LogP contribution in [0.15, 0.2) is 0 Å². The molecular weight excluding hydrogens is 236 g/mol. The maximum atomic E-state index is 9.55. The molecule has 0 heterocycles. The zero-order valence-corrected chi connectivity index (χ0v) is 13.4. The van der Waals surface area contributed by atoms with Crippen LogP contribution in [0.1, 0.15) is 52.9 Å². The van der Waals surface area contributed by atoms with Crippen LogP contribution in [0.5, 0.6) is 0 Å². The van der Waals surface area contributed by atoms with Crippen molar-refractivity contribution in [3.8, 4) is 0 Å². The molecule has 0 aromatic heterocycles. The fraction of sp³-hybridized carbons (Fsp3) is 1.00. The summed E-state index contributed by atoms with van der Waals surface area (Å²) >= 11 is 0. The largest absolute Gasteiger partial charge is 0.392 e. The lowest BCUT2D eigenvalue weighted by Gasteiger charge is -2.43. The third-order valence-electron chi connectivity index (χ3n) is 4.29. The molecule has 1 fully saturated rings. The zero-order valence-electron chi connectivity index (χ0n) is 13.4. The van der Waals surface area contributed by atoms with Crippen molar-refractivity contribution in [2.24, 2.45) is 11.3 Å². The SMILES string of the molecule is CCCNCC1(CN(C)CC(C)O)CCCC(C)C1. The normalized spacial score (nSPS) is 29.7. The molecule has 1 rings (SSSR count). The standard InChI is InChI=1S/C16H34N2O/c1-5-9-17-12-16(8-6-7-14(2)10-16)13-18(4)11-15(3)19/h14-15,17,19H,5-13H2,1-4H3. The molecule has 3 unspecified atom stereocenters. The number of hydrogen-bond acceptors (Lipinski definition) is 3. The molecule has 0 aromatic rings. The average Bonchev–Trinajstić information content (AvgIpc) is 2.27. The molecule has 0 aromatic carbocycles. The minimum Gasteiger partial charge on any atom is -0.392 e. The van der Waals surface area contributed by atoms with E-state index < -0.39 is 0 Å². The zero-order chi connectivity index (χ0) is 14.3. The van der Waals surface area contributed by atoms with Crippen LogP contribution in [0.2, 0.25) is 0 Å². The van der Waals surface area contributed by atoms with Crippen LogP contribution in [0.4, 0.5) is 0 Å². The smallest absolute Gasteiger partial charge is 0.0638 e. The molecule has 3 heteroatoms. The molecular formula is C16H34N2O. The van der Waals surface area contributed by atoms with E-state index in [9.17, 15) is 5.11 Å². The quantitative estimate of drug-likeness (QED) is 0.665. The second kappa shape index (κ2) is 8.23. The van der Waals surface area contributed by atoms with E-state index >= 15 is 0 Å². The number of aliphatic hydroxyl groups is 1. The van der Waals surface area contributed by atoms with Gasteiger partial charge in [-0.1, -0.05) is 26.7 Å². The Morgan fingerprint density at radius 1 is 1.47 bits per heavy atom. The number of hydrogen-bond donors (Lipinski definition) is 2. The molecule has 19 heavy (non-hydrogen) atoms. The topological polar surface area (TPSA) is 35.5 Å². The van der Waals surface area contributed by atoms with Crippen molar-refractivity contribution in [2.75, 3.05) is 33.2 Å². The number of likely N-dealkylation sites (N-methyl/N-ethyl adjacent to an activating group) is 1. The Hall–Kier alpha value is -0.120. The molecule has 0 radical (unpaired) electrons. The van der Waals surface area contributed by atoms with E-state index in [1.54, 1.807) is 0 Å². The molecule has 1 saturated carbocycles. The highest BCUT2D eigenvalue weighted by atomic mass is 16.3. The minimum absolute atomic E-state index is 0.230. The minimum atomic E-state index is -0.230. The fourth-order valence-electron chi connectivity index (χ4n) is 3.75. The molecule has 0 spiro atoms. The Morgan fingerprint density at radius 3 is 2.79 bits per heavy atom. The molecule has 0 amide bonds. The van der Waals surface area contributed by atoms with Gasteiger partial charge >= 0.3 is 0 Å². The van der Waals surface area contributed by atoms with Crippen LogP contribution < -0.4 is 5.32 Å². The third-order valence-corrected chi connectivity index (χ3v) is 4.29. The van der Waals surface area contributed by atoms with Gasteiger partial charge in [0.15, 0.2) is 0 Å². The van der Waals surface area contributed by atoms with E-state index in [0.717, 1.165) is 32.1 Å². The number of nitrogens with one attached hydrogen (secondary N) is 1. The summed E-state index contributed by atoms with van der Waals surface area (Å²) in [5.41, 5.74) is 0.413. The van der Waals surface area contributed by atoms with Crippen LogP contribution in [-0.2, 0) is 0 Å². The highest BCUT2D eigenvalue weighted by molar-refractivity contribution is 4.89. The van der Waals surface area contributed by atoms with E-state index in [1.807, 2.05) is 6.92 Å². The summed E-state index contributed by atoms with van der Waals surface area (Å²) in [5, 5.41) is 13.2. The average molecular weight is 270 g/mol. The van der Waals surface area contributed by atoms with E-state index in [4.69, 9.17) is 0 Å². The first-order valence-electron chi connectivity index (χ1n) is 8.05. The van der Waals surface area contributed by atoms with Crippen LogP contribution >= 0.6 is 0 Å². The summed E-state index contributed by atoms with van der Waals surface area (Å²) in [6.45, 7) is 10.6. The van der Waals surface area contributed by atoms with Crippen molar-refractivity contribution in [3.05, 3.63) is 0 Å². The van der Waals surface area contributed by atoms with Gasteiger partial charge in [0.05, 0.1) is 6.10 Å². The highest BCUT2D eigenvalue weighted by Gasteiger charge is 2.35. The van der Waals surface area contributed by atoms with E-state index in [0.29, 0.717) is 5.41 Å². The highest BCUT2D eigenvalue weighted by Crippen LogP contribution is 2.39. The molecule has 1 aliphatic rings. The van der Waals surface area contributed by atoms with Crippen molar-refractivity contribution in [1.82, 2.24) is 10.2 Å². The molecule has 3 nitrogen and oxygen atoms in total. The Bertz CT molecular complexity index is 245. The van der Waals surface area contributed by atoms with Gasteiger partial charge in [-0.05, 0) is 51.1 Å². The van der Waals surface area contributed by atoms with Gasteiger partial charge in [0.1, 0.15) is 0 Å². The third kappa shape index (κ3) is 6.24. The van der Waals surface area contributed by atoms with E-state index in [-0.39, 0.29) is 6.10 Å². The summed E-state index contributed by atoms with van der Waals surface area (Å²) < 4.78 is 0. The van der Waals surface area contributed by atoms with Crippen molar-refractivity contribution >= 4 is 0 Å². The Morgan fingerprint density at radius 2 is 2.21 bits per heavy atom. The predicted molar refractivity (Wildman–Crippen MR) is 82.4 cm³/mol. The summed E-state index contributed by atoms with van der Waals surface area (Å²) in [7, 11) is 2.15. The number of nitrogens with zero attached hydrogens (tertiary/aromatic N) is 1. The number of rotatable bonds is 8. The fourth-order valence-corrected chi connectivity index (χ4v) is 3.75. The molecule has 0 saturated heterocycles. The van der Waals surface area contributed by atoms with Crippen LogP contribution in [0.25, 0.3) is 0 Å². The van der Waals surface area contributed by atoms with Gasteiger partial charge in [-0.25, -0.2) is 0 Å². The van der Waals surface area contributed by atoms with E-state index in [1.165, 1.54) is 32.1 Å². The van der Waals surface area contributed by atoms with Gasteiger partial charge in [-0.15, -0.1) is 0 Å². The lowest BCUT2D eigenvalue weighted by Crippen LogP contribution is -2.47. The van der Waals surface area contributed by atoms with Gasteiger partial charge in [0.2, 0.25) is 0 Å². The molecule has 3 atom stereocenters. The van der Waals surface area contributed by atoms with Crippen molar-refractivity contribution in [2.45, 2.75) is 59.0 Å². The van der Waals surface area contributed by atoms with E-state index in [2.05, 4.69) is 31.1 Å². The second-order valence-electron chi connectivity index (χ2n) is 6.92. The van der Waals surface area contributed by atoms with Crippen molar-refractivity contribution in [1.29, 1.82) is 0 Å². The predicted octanol–water partition coefficient (Wildman–Crippen LogP) is 2.50. The lowest BCUT2D eigenvalue weighted by molar-refractivity contribution is 0.0667. The molecule has 0 aliphatic heterocycles. The molecule has 2 N–H and O–H groups in total. The first-order valence-corrected chi connectivity index (χ1v) is 8.05. The second-order valence-corrected chi connectivity index (χ2v) is 6.92. The summed E-state index contributed by atoms with van der Waals surface area (Å²) in [6.07, 6.45) is 6.38. The number of aliphatic hydroxyl groups excluding tert-OH is 1. The van der Waals surface area contributed by atoms with Gasteiger partial charge in [-0.2, -0.15) is 0 Å². The molecule has 1 aliphatic carbocycles. The first-order chi connectivity index (χ1) is 8.97. The van der Waals surface area contributed by atoms with Crippen molar-refractivity contribution in [3.63, 3.8) is 0 Å². The van der Waals surface area contributed by atoms with Crippen LogP contribution in [0, 0.1) is 11.3 Å². The monoisotopic (exact) mass is 270 g/mol. The summed E-state index contributed by atoms with van der Waals surface area (Å²) in [5.74, 6) is 0.845. The lowest BCUT2D eigenvalue weighted by atomic mass is 9.69. The molecule has 0 bridgehead atoms. The van der Waals surface area contributed by atoms with Gasteiger partial charge < -0.3 is 15.3 Å². The van der Waals surface area contributed by atoms with Crippen LogP contribution in [-0.4, -0.2) is 49.3 Å². The van der Waals surface area contributed by atoms with Gasteiger partial charge in [0, 0.05) is 19.6 Å². The molecule has 114 valence electrons. The summed E-state index contributed by atoms with van der Waals surface area (Å²) in [6, 6.07) is 0. The maximum absolute atomic E-state index is 9.55.